The molecule has 162 valence electrons. The maximum atomic E-state index is 14.1. The minimum atomic E-state index is -0.253. The predicted molar refractivity (Wildman–Crippen MR) is 128 cm³/mol. The summed E-state index contributed by atoms with van der Waals surface area (Å²) in [4.78, 5) is 16.0. The number of halogens is 2. The molecule has 3 aromatic heterocycles. The van der Waals surface area contributed by atoms with Crippen molar-refractivity contribution in [2.45, 2.75) is 38.6 Å². The number of fused-ring (bicyclic) bond motifs is 2. The summed E-state index contributed by atoms with van der Waals surface area (Å²) >= 11 is 9.97. The molecular weight excluding hydrogens is 490 g/mol. The highest BCUT2D eigenvalue weighted by atomic mass is 79.9. The van der Waals surface area contributed by atoms with Gasteiger partial charge < -0.3 is 4.57 Å². The molecule has 1 aliphatic heterocycles. The smallest absolute Gasteiger partial charge is 0.261 e. The molecule has 32 heavy (non-hydrogen) atoms. The predicted octanol–water partition coefficient (Wildman–Crippen LogP) is 5.73. The lowest BCUT2D eigenvalue weighted by molar-refractivity contribution is 0.0992. The molecule has 8 heteroatoms. The number of hydrogen-bond acceptors (Lipinski definition) is 3. The molecule has 6 rings (SSSR count). The lowest BCUT2D eigenvalue weighted by Gasteiger charge is -2.27. The highest BCUT2D eigenvalue weighted by Crippen LogP contribution is 2.52. The molecule has 2 aliphatic rings. The van der Waals surface area contributed by atoms with Crippen LogP contribution in [0, 0.1) is 13.8 Å². The Bertz CT molecular complexity index is 1420. The number of anilines is 1. The van der Waals surface area contributed by atoms with E-state index in [0.29, 0.717) is 10.9 Å². The second-order valence-electron chi connectivity index (χ2n) is 8.75. The number of aromatic nitrogens is 4. The van der Waals surface area contributed by atoms with Crippen molar-refractivity contribution < 1.29 is 4.79 Å². The lowest BCUT2D eigenvalue weighted by atomic mass is 10.0. The average molecular weight is 511 g/mol. The number of carbonyl (C=O) groups excluding carboxylic acids is 1. The van der Waals surface area contributed by atoms with Crippen LogP contribution >= 0.6 is 27.5 Å². The molecule has 1 fully saturated rings. The lowest BCUT2D eigenvalue weighted by Crippen LogP contribution is -2.30. The average Bonchev–Trinajstić information content (AvgIpc) is 3.40. The molecule has 1 saturated carbocycles. The van der Waals surface area contributed by atoms with Gasteiger partial charge in [-0.25, -0.2) is 0 Å². The number of carbonyl (C=O) groups is 1. The van der Waals surface area contributed by atoms with Crippen molar-refractivity contribution in [3.63, 3.8) is 0 Å². The molecule has 1 unspecified atom stereocenters. The van der Waals surface area contributed by atoms with E-state index in [1.807, 2.05) is 66.7 Å². The quantitative estimate of drug-likeness (QED) is 0.354. The van der Waals surface area contributed by atoms with E-state index >= 15 is 0 Å². The van der Waals surface area contributed by atoms with Gasteiger partial charge in [0.05, 0.1) is 21.5 Å². The Kier molecular flexibility index (Phi) is 4.33. The summed E-state index contributed by atoms with van der Waals surface area (Å²) in [7, 11) is 2.03. The third-order valence-electron chi connectivity index (χ3n) is 6.65. The Morgan fingerprint density at radius 2 is 1.84 bits per heavy atom. The normalized spacial score (nSPS) is 18.1. The first-order valence-corrected chi connectivity index (χ1v) is 11.8. The molecule has 4 aromatic rings. The summed E-state index contributed by atoms with van der Waals surface area (Å²) in [5.41, 5.74) is 6.63. The molecule has 0 radical (unpaired) electrons. The van der Waals surface area contributed by atoms with Crippen molar-refractivity contribution in [3.05, 3.63) is 79.9 Å². The summed E-state index contributed by atoms with van der Waals surface area (Å²) in [6.07, 6.45) is 4.22. The Labute approximate surface area is 198 Å². The molecule has 1 aromatic carbocycles. The minimum absolute atomic E-state index is 0.0348. The summed E-state index contributed by atoms with van der Waals surface area (Å²) < 4.78 is 5.10. The van der Waals surface area contributed by atoms with Gasteiger partial charge in [0.25, 0.3) is 5.91 Å². The van der Waals surface area contributed by atoms with Crippen molar-refractivity contribution in [2.24, 2.45) is 7.05 Å². The molecule has 1 atom stereocenters. The second-order valence-corrected chi connectivity index (χ2v) is 9.94. The van der Waals surface area contributed by atoms with Crippen molar-refractivity contribution in [1.29, 1.82) is 0 Å². The highest BCUT2D eigenvalue weighted by molar-refractivity contribution is 9.10. The fourth-order valence-electron chi connectivity index (χ4n) is 4.94. The highest BCUT2D eigenvalue weighted by Gasteiger charge is 2.47. The van der Waals surface area contributed by atoms with Crippen LogP contribution in [-0.2, 0) is 7.05 Å². The fraction of sp³-hybridized carbons (Fsp3) is 0.292. The number of benzene rings is 1. The van der Waals surface area contributed by atoms with Crippen LogP contribution in [0.2, 0.25) is 5.02 Å². The van der Waals surface area contributed by atoms with Gasteiger partial charge in [0.1, 0.15) is 11.9 Å². The Morgan fingerprint density at radius 1 is 1.12 bits per heavy atom. The Morgan fingerprint density at radius 3 is 2.53 bits per heavy atom. The number of hydrogen-bond donors (Lipinski definition) is 0. The van der Waals surface area contributed by atoms with Crippen molar-refractivity contribution >= 4 is 44.8 Å². The van der Waals surface area contributed by atoms with E-state index in [2.05, 4.69) is 30.7 Å². The van der Waals surface area contributed by atoms with Crippen molar-refractivity contribution in [2.75, 3.05) is 4.90 Å². The molecule has 1 amide bonds. The summed E-state index contributed by atoms with van der Waals surface area (Å²) in [6, 6.07) is 9.57. The number of amides is 1. The zero-order valence-corrected chi connectivity index (χ0v) is 20.3. The Balaban J connectivity index is 1.61. The summed E-state index contributed by atoms with van der Waals surface area (Å²) in [5.74, 6) is 1.27. The third kappa shape index (κ3) is 2.74. The van der Waals surface area contributed by atoms with Gasteiger partial charge in [0.2, 0.25) is 0 Å². The monoisotopic (exact) mass is 509 g/mol. The van der Waals surface area contributed by atoms with Gasteiger partial charge in [-0.3, -0.25) is 14.1 Å². The molecule has 4 heterocycles. The van der Waals surface area contributed by atoms with Crippen molar-refractivity contribution in [3.8, 4) is 0 Å². The topological polar surface area (TPSA) is 55.4 Å². The van der Waals surface area contributed by atoms with Crippen LogP contribution in [0.5, 0.6) is 0 Å². The van der Waals surface area contributed by atoms with E-state index in [1.165, 1.54) is 0 Å². The van der Waals surface area contributed by atoms with Gasteiger partial charge in [-0.1, -0.05) is 23.7 Å². The van der Waals surface area contributed by atoms with Crippen LogP contribution in [0.15, 0.2) is 41.1 Å². The standard InChI is InChI=1S/C24H21BrClN5O/c1-12-10-17(11-30-13(2)27-28-23(12)30)31-20(15-6-8-16(26)9-7-15)21-19(24(31)32)18(14-4-5-14)22(25)29(21)3/h6-11,14,20H,4-5H2,1-3H3. The number of aryl methyl sites for hydroxylation is 2. The van der Waals surface area contributed by atoms with E-state index in [9.17, 15) is 4.79 Å². The zero-order chi connectivity index (χ0) is 22.3. The van der Waals surface area contributed by atoms with Gasteiger partial charge >= 0.3 is 0 Å². The van der Waals surface area contributed by atoms with Gasteiger partial charge in [-0.15, -0.1) is 10.2 Å². The first-order valence-electron chi connectivity index (χ1n) is 10.7. The minimum Gasteiger partial charge on any atom is -0.339 e. The zero-order valence-electron chi connectivity index (χ0n) is 17.9. The second kappa shape index (κ2) is 6.93. The molecular formula is C24H21BrClN5O. The van der Waals surface area contributed by atoms with Crippen LogP contribution < -0.4 is 4.90 Å². The van der Waals surface area contributed by atoms with Crippen molar-refractivity contribution in [1.82, 2.24) is 19.2 Å². The van der Waals surface area contributed by atoms with Crippen LogP contribution in [0.25, 0.3) is 5.65 Å². The molecule has 1 aliphatic carbocycles. The van der Waals surface area contributed by atoms with Crippen LogP contribution in [-0.4, -0.2) is 25.1 Å². The van der Waals surface area contributed by atoms with E-state index in [1.54, 1.807) is 0 Å². The molecule has 0 spiro atoms. The first-order chi connectivity index (χ1) is 15.4. The summed E-state index contributed by atoms with van der Waals surface area (Å²) in [5, 5.41) is 9.17. The van der Waals surface area contributed by atoms with E-state index in [0.717, 1.165) is 62.6 Å². The van der Waals surface area contributed by atoms with Gasteiger partial charge in [0, 0.05) is 23.8 Å². The van der Waals surface area contributed by atoms with Crippen LogP contribution in [0.4, 0.5) is 5.69 Å². The first kappa shape index (κ1) is 20.0. The molecule has 0 N–H and O–H groups in total. The number of pyridine rings is 1. The Hall–Kier alpha value is -2.64. The van der Waals surface area contributed by atoms with E-state index in [4.69, 9.17) is 11.6 Å². The number of nitrogens with zero attached hydrogens (tertiary/aromatic N) is 5. The largest absolute Gasteiger partial charge is 0.339 e. The maximum absolute atomic E-state index is 14.1. The van der Waals surface area contributed by atoms with Gasteiger partial charge in [-0.05, 0) is 77.9 Å². The molecule has 6 nitrogen and oxygen atoms in total. The third-order valence-corrected chi connectivity index (χ3v) is 7.86. The maximum Gasteiger partial charge on any atom is 0.261 e. The number of rotatable bonds is 3. The fourth-order valence-corrected chi connectivity index (χ4v) is 5.78. The summed E-state index contributed by atoms with van der Waals surface area (Å²) in [6.45, 7) is 3.92. The van der Waals surface area contributed by atoms with E-state index < -0.39 is 0 Å². The van der Waals surface area contributed by atoms with Crippen LogP contribution in [0.1, 0.15) is 63.4 Å². The van der Waals surface area contributed by atoms with Gasteiger partial charge in [-0.2, -0.15) is 0 Å². The van der Waals surface area contributed by atoms with Crippen LogP contribution in [0.3, 0.4) is 0 Å². The van der Waals surface area contributed by atoms with E-state index in [-0.39, 0.29) is 11.9 Å². The molecule has 0 saturated heterocycles. The van der Waals surface area contributed by atoms with Gasteiger partial charge in [0.15, 0.2) is 5.65 Å². The molecule has 0 bridgehead atoms. The SMILES string of the molecule is Cc1cc(N2C(=O)c3c(C4CC4)c(Br)n(C)c3C2c2ccc(Cl)cc2)cn2c(C)nnc12.